The van der Waals surface area contributed by atoms with Crippen molar-refractivity contribution in [1.82, 2.24) is 5.32 Å². The van der Waals surface area contributed by atoms with Crippen LogP contribution in [0.5, 0.6) is 0 Å². The zero-order chi connectivity index (χ0) is 11.8. The predicted molar refractivity (Wildman–Crippen MR) is 58.4 cm³/mol. The minimum atomic E-state index is -0.203. The molecule has 90 valence electrons. The van der Waals surface area contributed by atoms with Gasteiger partial charge in [-0.05, 0) is 0 Å². The number of carbonyl (C=O) groups excluding carboxylic acids is 1. The van der Waals surface area contributed by atoms with Crippen LogP contribution in [0.3, 0.4) is 0 Å². The van der Waals surface area contributed by atoms with E-state index >= 15 is 0 Å². The van der Waals surface area contributed by atoms with Gasteiger partial charge in [-0.2, -0.15) is 0 Å². The second-order valence-electron chi connectivity index (χ2n) is 3.40. The van der Waals surface area contributed by atoms with Gasteiger partial charge in [0.1, 0.15) is 0 Å². The van der Waals surface area contributed by atoms with E-state index in [4.69, 9.17) is 4.74 Å². The van der Waals surface area contributed by atoms with Crippen molar-refractivity contribution < 1.29 is 30.7 Å². The van der Waals surface area contributed by atoms with E-state index in [2.05, 4.69) is 19.2 Å². The third kappa shape index (κ3) is 6.89. The van der Waals surface area contributed by atoms with Crippen LogP contribution in [0.1, 0.15) is 27.7 Å². The Morgan fingerprint density at radius 1 is 1.53 bits per heavy atom. The average Bonchev–Trinajstić information content (AvgIpc) is 2.16. The zero-order valence-electron chi connectivity index (χ0n) is 10.1. The number of carbonyl (C=O) groups is 1. The number of alkyl halides is 2. The van der Waals surface area contributed by atoms with E-state index in [0.29, 0.717) is 20.2 Å². The Morgan fingerprint density at radius 2 is 2.13 bits per heavy atom. The van der Waals surface area contributed by atoms with Gasteiger partial charge in [0.05, 0.1) is 0 Å². The van der Waals surface area contributed by atoms with Gasteiger partial charge in [-0.1, -0.05) is 0 Å². The summed E-state index contributed by atoms with van der Waals surface area (Å²) in [5.74, 6) is -0.203. The number of hydrogen-bond acceptors (Lipinski definition) is 3. The SMILES string of the molecule is CCOC(=O)/C(C)=C/C(NC)[I-]C(C)C. The van der Waals surface area contributed by atoms with Crippen LogP contribution < -0.4 is 26.5 Å². The van der Waals surface area contributed by atoms with Gasteiger partial charge in [0, 0.05) is 0 Å². The third-order valence-corrected chi connectivity index (χ3v) is 4.85. The first-order valence-corrected chi connectivity index (χ1v) is 7.65. The molecule has 0 spiro atoms. The number of halogens is 1. The molecule has 0 amide bonds. The summed E-state index contributed by atoms with van der Waals surface area (Å²) >= 11 is 0.0350. The van der Waals surface area contributed by atoms with Gasteiger partial charge in [-0.25, -0.2) is 0 Å². The molecule has 0 aliphatic carbocycles. The molecule has 0 radical (unpaired) electrons. The summed E-state index contributed by atoms with van der Waals surface area (Å²) in [6, 6.07) is 0. The molecule has 0 saturated heterocycles. The van der Waals surface area contributed by atoms with Gasteiger partial charge in [-0.3, -0.25) is 0 Å². The quantitative estimate of drug-likeness (QED) is 0.213. The molecule has 4 heteroatoms. The number of nitrogens with one attached hydrogen (secondary N) is 1. The Hall–Kier alpha value is -0.100. The van der Waals surface area contributed by atoms with E-state index in [9.17, 15) is 4.79 Å². The number of ether oxygens (including phenoxy) is 1. The molecular weight excluding hydrogens is 305 g/mol. The van der Waals surface area contributed by atoms with Crippen molar-refractivity contribution in [2.75, 3.05) is 13.7 Å². The fraction of sp³-hybridized carbons (Fsp3) is 0.727. The molecule has 0 aromatic heterocycles. The van der Waals surface area contributed by atoms with Crippen LogP contribution in [0.4, 0.5) is 0 Å². The number of likely N-dealkylation sites (N-methyl/N-ethyl adjacent to an activating group) is 1. The van der Waals surface area contributed by atoms with Crippen LogP contribution in [0.15, 0.2) is 11.6 Å². The van der Waals surface area contributed by atoms with Crippen LogP contribution in [0, 0.1) is 0 Å². The summed E-state index contributed by atoms with van der Waals surface area (Å²) in [5.41, 5.74) is 0.705. The van der Waals surface area contributed by atoms with Crippen molar-refractivity contribution in [3.8, 4) is 0 Å². The summed E-state index contributed by atoms with van der Waals surface area (Å²) in [4.78, 5) is 11.4. The van der Waals surface area contributed by atoms with Crippen molar-refractivity contribution in [2.24, 2.45) is 0 Å². The predicted octanol–water partition coefficient (Wildman–Crippen LogP) is -1.46. The number of esters is 1. The van der Waals surface area contributed by atoms with E-state index < -0.39 is 0 Å². The topological polar surface area (TPSA) is 38.3 Å². The van der Waals surface area contributed by atoms with Gasteiger partial charge in [0.2, 0.25) is 0 Å². The standard InChI is InChI=1S/C11H21INO2/c1-6-15-11(14)9(4)7-10(13-5)12-8(2)3/h7-8,10,13H,6H2,1-5H3/q-1/b9-7+. The molecule has 15 heavy (non-hydrogen) atoms. The Morgan fingerprint density at radius 3 is 2.53 bits per heavy atom. The first kappa shape index (κ1) is 14.9. The molecule has 0 aliphatic rings. The summed E-state index contributed by atoms with van der Waals surface area (Å²) in [6.45, 7) is 8.50. The van der Waals surface area contributed by atoms with E-state index in [-0.39, 0.29) is 27.2 Å². The average molecular weight is 326 g/mol. The van der Waals surface area contributed by atoms with E-state index in [1.54, 1.807) is 0 Å². The third-order valence-electron chi connectivity index (χ3n) is 1.66. The molecule has 1 unspecified atom stereocenters. The monoisotopic (exact) mass is 326 g/mol. The first-order valence-electron chi connectivity index (χ1n) is 5.16. The van der Waals surface area contributed by atoms with E-state index in [0.717, 1.165) is 0 Å². The van der Waals surface area contributed by atoms with Crippen molar-refractivity contribution >= 4 is 5.97 Å². The minimum absolute atomic E-state index is 0.0350. The van der Waals surface area contributed by atoms with Gasteiger partial charge in [0.15, 0.2) is 0 Å². The Balaban J connectivity index is 4.34. The van der Waals surface area contributed by atoms with Gasteiger partial charge < -0.3 is 0 Å². The van der Waals surface area contributed by atoms with Crippen LogP contribution in [0.25, 0.3) is 0 Å². The molecule has 0 heterocycles. The summed E-state index contributed by atoms with van der Waals surface area (Å²) in [5, 5.41) is 3.23. The van der Waals surface area contributed by atoms with Crippen molar-refractivity contribution in [2.45, 2.75) is 35.7 Å². The first-order chi connectivity index (χ1) is 7.01. The fourth-order valence-corrected chi connectivity index (χ4v) is 3.64. The molecule has 1 atom stereocenters. The molecule has 0 fully saturated rings. The molecule has 0 aromatic carbocycles. The second kappa shape index (κ2) is 8.10. The normalized spacial score (nSPS) is 14.4. The molecule has 0 saturated carbocycles. The maximum absolute atomic E-state index is 11.4. The van der Waals surface area contributed by atoms with Crippen LogP contribution in [0.2, 0.25) is 0 Å². The van der Waals surface area contributed by atoms with Crippen molar-refractivity contribution in [3.05, 3.63) is 11.6 Å². The Labute approximate surface area is 103 Å². The summed E-state index contributed by atoms with van der Waals surface area (Å²) < 4.78 is 6.00. The van der Waals surface area contributed by atoms with Crippen molar-refractivity contribution in [3.63, 3.8) is 0 Å². The molecule has 0 aliphatic heterocycles. The second-order valence-corrected chi connectivity index (χ2v) is 7.95. The van der Waals surface area contributed by atoms with Gasteiger partial charge in [0.25, 0.3) is 0 Å². The summed E-state index contributed by atoms with van der Waals surface area (Å²) in [6.07, 6.45) is 1.99. The number of rotatable bonds is 6. The molecule has 3 nitrogen and oxygen atoms in total. The Kier molecular flexibility index (Phi) is 8.04. The van der Waals surface area contributed by atoms with E-state index in [1.807, 2.05) is 27.0 Å². The molecule has 0 bridgehead atoms. The zero-order valence-corrected chi connectivity index (χ0v) is 12.3. The fourth-order valence-electron chi connectivity index (χ4n) is 0.987. The van der Waals surface area contributed by atoms with Gasteiger partial charge >= 0.3 is 103 Å². The van der Waals surface area contributed by atoms with Crippen molar-refractivity contribution in [1.29, 1.82) is 0 Å². The Bertz CT molecular complexity index is 227. The number of hydrogen-bond donors (Lipinski definition) is 1. The van der Waals surface area contributed by atoms with E-state index in [1.165, 1.54) is 0 Å². The van der Waals surface area contributed by atoms with Crippen LogP contribution in [-0.2, 0) is 9.53 Å². The van der Waals surface area contributed by atoms with Crippen LogP contribution in [-0.4, -0.2) is 27.6 Å². The van der Waals surface area contributed by atoms with Crippen LogP contribution >= 0.6 is 0 Å². The van der Waals surface area contributed by atoms with Gasteiger partial charge in [-0.15, -0.1) is 0 Å². The molecule has 1 N–H and O–H groups in total. The maximum atomic E-state index is 11.4. The molecule has 0 rings (SSSR count). The molecule has 0 aromatic rings. The summed E-state index contributed by atoms with van der Waals surface area (Å²) in [7, 11) is 1.93. The molecular formula is C11H21INO2-.